The third kappa shape index (κ3) is 3.93. The molecule has 2 rings (SSSR count). The average molecular weight is 344 g/mol. The third-order valence-corrected chi connectivity index (χ3v) is 4.27. The molecule has 0 aliphatic heterocycles. The van der Waals surface area contributed by atoms with Gasteiger partial charge in [-0.3, -0.25) is 10.1 Å². The molecule has 1 aliphatic rings. The molecule has 6 heteroatoms. The Balaban J connectivity index is 1.94. The molecule has 0 heterocycles. The number of para-hydroxylation sites is 1. The second kappa shape index (κ2) is 7.04. The molecule has 20 heavy (non-hydrogen) atoms. The SMILES string of the molecule is O=[N+]([O-])c1cccc(Br)c1OCC(O)CC1CCCC1. The maximum absolute atomic E-state index is 10.9. The fraction of sp³-hybridized carbons (Fsp3) is 0.571. The number of hydrogen-bond donors (Lipinski definition) is 1. The Bertz CT molecular complexity index is 474. The summed E-state index contributed by atoms with van der Waals surface area (Å²) in [5, 5.41) is 20.9. The largest absolute Gasteiger partial charge is 0.483 e. The van der Waals surface area contributed by atoms with Crippen molar-refractivity contribution in [1.29, 1.82) is 0 Å². The molecule has 0 spiro atoms. The first kappa shape index (κ1) is 15.3. The minimum Gasteiger partial charge on any atom is -0.483 e. The van der Waals surface area contributed by atoms with Crippen LogP contribution in [0.2, 0.25) is 0 Å². The number of hydrogen-bond acceptors (Lipinski definition) is 4. The summed E-state index contributed by atoms with van der Waals surface area (Å²) in [5.74, 6) is 0.741. The van der Waals surface area contributed by atoms with Gasteiger partial charge >= 0.3 is 5.69 Å². The first-order chi connectivity index (χ1) is 9.58. The summed E-state index contributed by atoms with van der Waals surface area (Å²) in [7, 11) is 0. The van der Waals surface area contributed by atoms with Crippen LogP contribution >= 0.6 is 15.9 Å². The van der Waals surface area contributed by atoms with E-state index in [1.54, 1.807) is 12.1 Å². The van der Waals surface area contributed by atoms with Gasteiger partial charge in [-0.15, -0.1) is 0 Å². The predicted molar refractivity (Wildman–Crippen MR) is 78.9 cm³/mol. The number of aliphatic hydroxyl groups is 1. The molecule has 1 saturated carbocycles. The highest BCUT2D eigenvalue weighted by Crippen LogP contribution is 2.35. The van der Waals surface area contributed by atoms with Gasteiger partial charge in [0, 0.05) is 6.07 Å². The molecule has 0 saturated heterocycles. The summed E-state index contributed by atoms with van der Waals surface area (Å²) in [5.41, 5.74) is -0.0903. The molecule has 1 aliphatic carbocycles. The van der Waals surface area contributed by atoms with Crippen molar-refractivity contribution in [3.05, 3.63) is 32.8 Å². The predicted octanol–water partition coefficient (Wildman–Crippen LogP) is 3.68. The topological polar surface area (TPSA) is 72.6 Å². The average Bonchev–Trinajstić information content (AvgIpc) is 2.89. The van der Waals surface area contributed by atoms with Gasteiger partial charge in [-0.1, -0.05) is 31.7 Å². The Morgan fingerprint density at radius 3 is 2.80 bits per heavy atom. The van der Waals surface area contributed by atoms with E-state index in [0.717, 1.165) is 12.8 Å². The normalized spacial score (nSPS) is 17.1. The molecule has 1 aromatic carbocycles. The maximum atomic E-state index is 10.9. The van der Waals surface area contributed by atoms with E-state index in [0.29, 0.717) is 16.8 Å². The number of halogens is 1. The van der Waals surface area contributed by atoms with Crippen molar-refractivity contribution in [2.75, 3.05) is 6.61 Å². The van der Waals surface area contributed by atoms with Crippen LogP contribution in [0, 0.1) is 16.0 Å². The van der Waals surface area contributed by atoms with Crippen LogP contribution in [-0.4, -0.2) is 22.7 Å². The lowest BCUT2D eigenvalue weighted by Crippen LogP contribution is -2.20. The van der Waals surface area contributed by atoms with Crippen LogP contribution in [0.25, 0.3) is 0 Å². The van der Waals surface area contributed by atoms with Crippen LogP contribution in [0.15, 0.2) is 22.7 Å². The molecule has 1 fully saturated rings. The zero-order valence-corrected chi connectivity index (χ0v) is 12.7. The Morgan fingerprint density at radius 1 is 1.45 bits per heavy atom. The van der Waals surface area contributed by atoms with Crippen molar-refractivity contribution >= 4 is 21.6 Å². The van der Waals surface area contributed by atoms with E-state index in [9.17, 15) is 15.2 Å². The van der Waals surface area contributed by atoms with E-state index in [2.05, 4.69) is 15.9 Å². The highest BCUT2D eigenvalue weighted by Gasteiger charge is 2.22. The van der Waals surface area contributed by atoms with Crippen LogP contribution in [0.5, 0.6) is 5.75 Å². The second-order valence-electron chi connectivity index (χ2n) is 5.20. The molecule has 110 valence electrons. The van der Waals surface area contributed by atoms with Gasteiger partial charge in [0.1, 0.15) is 6.61 Å². The van der Waals surface area contributed by atoms with Crippen molar-refractivity contribution in [3.63, 3.8) is 0 Å². The molecule has 1 unspecified atom stereocenters. The van der Waals surface area contributed by atoms with Crippen LogP contribution in [-0.2, 0) is 0 Å². The highest BCUT2D eigenvalue weighted by molar-refractivity contribution is 9.10. The molecule has 0 radical (unpaired) electrons. The molecular formula is C14H18BrNO4. The number of nitrogens with zero attached hydrogens (tertiary/aromatic N) is 1. The minimum atomic E-state index is -0.579. The molecule has 0 amide bonds. The van der Waals surface area contributed by atoms with E-state index in [1.807, 2.05) is 0 Å². The van der Waals surface area contributed by atoms with Gasteiger partial charge in [-0.25, -0.2) is 0 Å². The summed E-state index contributed by atoms with van der Waals surface area (Å²) >= 11 is 3.24. The van der Waals surface area contributed by atoms with Gasteiger partial charge in [-0.2, -0.15) is 0 Å². The quantitative estimate of drug-likeness (QED) is 0.631. The molecule has 1 aromatic rings. The fourth-order valence-corrected chi connectivity index (χ4v) is 3.13. The number of ether oxygens (including phenoxy) is 1. The van der Waals surface area contributed by atoms with Crippen molar-refractivity contribution in [1.82, 2.24) is 0 Å². The highest BCUT2D eigenvalue weighted by atomic mass is 79.9. The van der Waals surface area contributed by atoms with Crippen molar-refractivity contribution in [2.24, 2.45) is 5.92 Å². The van der Waals surface area contributed by atoms with Crippen LogP contribution in [0.1, 0.15) is 32.1 Å². The van der Waals surface area contributed by atoms with Gasteiger partial charge in [0.15, 0.2) is 0 Å². The molecular weight excluding hydrogens is 326 g/mol. The minimum absolute atomic E-state index is 0.0833. The van der Waals surface area contributed by atoms with Crippen molar-refractivity contribution in [3.8, 4) is 5.75 Å². The second-order valence-corrected chi connectivity index (χ2v) is 6.05. The van der Waals surface area contributed by atoms with E-state index < -0.39 is 11.0 Å². The molecule has 0 aromatic heterocycles. The lowest BCUT2D eigenvalue weighted by atomic mass is 10.0. The van der Waals surface area contributed by atoms with Crippen molar-refractivity contribution in [2.45, 2.75) is 38.2 Å². The number of nitro benzene ring substituents is 1. The van der Waals surface area contributed by atoms with Gasteiger partial charge in [0.2, 0.25) is 5.75 Å². The summed E-state index contributed by atoms with van der Waals surface area (Å²) in [6.45, 7) is 0.0833. The van der Waals surface area contributed by atoms with Gasteiger partial charge in [0.05, 0.1) is 15.5 Å². The Labute approximate surface area is 126 Å². The van der Waals surface area contributed by atoms with E-state index in [4.69, 9.17) is 4.74 Å². The molecule has 0 bridgehead atoms. The smallest absolute Gasteiger partial charge is 0.312 e. The third-order valence-electron chi connectivity index (χ3n) is 3.64. The summed E-state index contributed by atoms with van der Waals surface area (Å²) in [4.78, 5) is 10.5. The van der Waals surface area contributed by atoms with Gasteiger partial charge < -0.3 is 9.84 Å². The Hall–Kier alpha value is -1.14. The van der Waals surface area contributed by atoms with Crippen LogP contribution < -0.4 is 4.74 Å². The lowest BCUT2D eigenvalue weighted by Gasteiger charge is -2.16. The van der Waals surface area contributed by atoms with Gasteiger partial charge in [-0.05, 0) is 34.3 Å². The first-order valence-electron chi connectivity index (χ1n) is 6.81. The molecule has 1 atom stereocenters. The standard InChI is InChI=1S/C14H18BrNO4/c15-12-6-3-7-13(16(18)19)14(12)20-9-11(17)8-10-4-1-2-5-10/h3,6-7,10-11,17H,1-2,4-5,8-9H2. The molecule has 1 N–H and O–H groups in total. The van der Waals surface area contributed by atoms with Crippen molar-refractivity contribution < 1.29 is 14.8 Å². The van der Waals surface area contributed by atoms with E-state index >= 15 is 0 Å². The Kier molecular flexibility index (Phi) is 5.37. The number of aliphatic hydroxyl groups excluding tert-OH is 1. The lowest BCUT2D eigenvalue weighted by molar-refractivity contribution is -0.386. The maximum Gasteiger partial charge on any atom is 0.312 e. The fourth-order valence-electron chi connectivity index (χ4n) is 2.66. The van der Waals surface area contributed by atoms with Crippen LogP contribution in [0.3, 0.4) is 0 Å². The number of rotatable bonds is 6. The molecule has 5 nitrogen and oxygen atoms in total. The van der Waals surface area contributed by atoms with E-state index in [-0.39, 0.29) is 18.0 Å². The van der Waals surface area contributed by atoms with E-state index in [1.165, 1.54) is 18.9 Å². The number of nitro groups is 1. The summed E-state index contributed by atoms with van der Waals surface area (Å²) < 4.78 is 5.99. The summed E-state index contributed by atoms with van der Waals surface area (Å²) in [6, 6.07) is 4.67. The zero-order chi connectivity index (χ0) is 14.5. The Morgan fingerprint density at radius 2 is 2.15 bits per heavy atom. The zero-order valence-electron chi connectivity index (χ0n) is 11.1. The first-order valence-corrected chi connectivity index (χ1v) is 7.61. The van der Waals surface area contributed by atoms with Crippen LogP contribution in [0.4, 0.5) is 5.69 Å². The summed E-state index contributed by atoms with van der Waals surface area (Å²) in [6.07, 6.45) is 4.91. The monoisotopic (exact) mass is 343 g/mol. The number of benzene rings is 1. The van der Waals surface area contributed by atoms with Gasteiger partial charge in [0.25, 0.3) is 0 Å².